The fraction of sp³-hybridized carbons (Fsp3) is 0.0909. The lowest BCUT2D eigenvalue weighted by Gasteiger charge is -2.09. The second-order valence-electron chi connectivity index (χ2n) is 5.84. The number of terminal acetylenes is 1. The molecule has 0 atom stereocenters. The zero-order valence-electron chi connectivity index (χ0n) is 14.9. The van der Waals surface area contributed by atoms with Gasteiger partial charge in [-0.25, -0.2) is 5.43 Å². The maximum absolute atomic E-state index is 12.2. The van der Waals surface area contributed by atoms with E-state index in [0.29, 0.717) is 17.8 Å². The number of nitrogens with zero attached hydrogens (tertiary/aromatic N) is 1. The third-order valence-electron chi connectivity index (χ3n) is 3.84. The molecule has 0 radical (unpaired) electrons. The molecule has 3 aromatic rings. The Hall–Kier alpha value is -3.30. The van der Waals surface area contributed by atoms with E-state index in [0.717, 1.165) is 21.0 Å². The first-order valence-electron chi connectivity index (χ1n) is 8.43. The molecule has 0 aliphatic carbocycles. The van der Waals surface area contributed by atoms with Crippen molar-refractivity contribution in [2.75, 3.05) is 6.61 Å². The molecule has 6 heteroatoms. The van der Waals surface area contributed by atoms with E-state index in [1.807, 2.05) is 30.3 Å². The van der Waals surface area contributed by atoms with E-state index >= 15 is 0 Å². The van der Waals surface area contributed by atoms with Gasteiger partial charge in [0.25, 0.3) is 0 Å². The summed E-state index contributed by atoms with van der Waals surface area (Å²) in [7, 11) is 0. The molecule has 0 fully saturated rings. The van der Waals surface area contributed by atoms with Crippen LogP contribution in [-0.2, 0) is 6.42 Å². The summed E-state index contributed by atoms with van der Waals surface area (Å²) in [5.41, 5.74) is 4.84. The number of furan rings is 1. The number of fused-ring (bicyclic) bond motifs is 1. The van der Waals surface area contributed by atoms with Crippen LogP contribution in [0.15, 0.2) is 69.1 Å². The highest BCUT2D eigenvalue weighted by atomic mass is 79.9. The number of nitrogens with one attached hydrogen (secondary N) is 1. The van der Waals surface area contributed by atoms with Crippen LogP contribution in [0.5, 0.6) is 5.75 Å². The minimum absolute atomic E-state index is 0.190. The number of rotatable bonds is 7. The van der Waals surface area contributed by atoms with Gasteiger partial charge in [-0.15, -0.1) is 13.0 Å². The van der Waals surface area contributed by atoms with Gasteiger partial charge in [0, 0.05) is 9.86 Å². The highest BCUT2D eigenvalue weighted by Gasteiger charge is 2.11. The van der Waals surface area contributed by atoms with Crippen LogP contribution in [0.1, 0.15) is 21.7 Å². The fourth-order valence-electron chi connectivity index (χ4n) is 2.60. The summed E-state index contributed by atoms with van der Waals surface area (Å²) in [6, 6.07) is 12.7. The smallest absolute Gasteiger partial charge is 0.307 e. The molecule has 0 aliphatic rings. The van der Waals surface area contributed by atoms with Crippen LogP contribution in [0.25, 0.3) is 11.0 Å². The number of carbonyl (C=O) groups is 1. The number of halogens is 1. The van der Waals surface area contributed by atoms with Crippen molar-refractivity contribution in [3.05, 3.63) is 76.5 Å². The summed E-state index contributed by atoms with van der Waals surface area (Å²) >= 11 is 3.39. The minimum atomic E-state index is -0.427. The lowest BCUT2D eigenvalue weighted by molar-refractivity contribution is 0.0929. The van der Waals surface area contributed by atoms with E-state index in [-0.39, 0.29) is 12.4 Å². The van der Waals surface area contributed by atoms with E-state index in [1.54, 1.807) is 24.4 Å². The van der Waals surface area contributed by atoms with Gasteiger partial charge in [0.2, 0.25) is 0 Å². The van der Waals surface area contributed by atoms with E-state index in [1.165, 1.54) is 0 Å². The van der Waals surface area contributed by atoms with Gasteiger partial charge in [0.1, 0.15) is 17.9 Å². The van der Waals surface area contributed by atoms with Gasteiger partial charge in [0.05, 0.1) is 6.21 Å². The molecule has 140 valence electrons. The minimum Gasteiger partial charge on any atom is -0.481 e. The van der Waals surface area contributed by atoms with Crippen molar-refractivity contribution < 1.29 is 13.9 Å². The van der Waals surface area contributed by atoms with Gasteiger partial charge in [-0.2, -0.15) is 5.10 Å². The third kappa shape index (κ3) is 4.70. The fourth-order valence-corrected chi connectivity index (χ4v) is 2.98. The van der Waals surface area contributed by atoms with Crippen LogP contribution in [0.2, 0.25) is 0 Å². The molecular formula is C22H17BrN2O3. The molecule has 1 N–H and O–H groups in total. The van der Waals surface area contributed by atoms with Crippen molar-refractivity contribution in [3.63, 3.8) is 0 Å². The zero-order chi connectivity index (χ0) is 19.9. The molecule has 1 heterocycles. The molecule has 0 spiro atoms. The zero-order valence-corrected chi connectivity index (χ0v) is 16.5. The molecule has 3 rings (SSSR count). The Labute approximate surface area is 171 Å². The van der Waals surface area contributed by atoms with Gasteiger partial charge in [-0.3, -0.25) is 4.79 Å². The lowest BCUT2D eigenvalue weighted by atomic mass is 10.1. The monoisotopic (exact) mass is 436 g/mol. The van der Waals surface area contributed by atoms with Crippen LogP contribution >= 0.6 is 15.9 Å². The summed E-state index contributed by atoms with van der Waals surface area (Å²) in [6.07, 6.45) is 9.19. The number of amides is 1. The summed E-state index contributed by atoms with van der Waals surface area (Å²) in [5.74, 6) is 2.91. The summed E-state index contributed by atoms with van der Waals surface area (Å²) in [5, 5.41) is 4.84. The number of hydrogen-bond donors (Lipinski definition) is 1. The first-order chi connectivity index (χ1) is 13.6. The maximum atomic E-state index is 12.2. The Morgan fingerprint density at radius 3 is 2.96 bits per heavy atom. The highest BCUT2D eigenvalue weighted by Crippen LogP contribution is 2.23. The average Bonchev–Trinajstić information content (AvgIpc) is 3.11. The van der Waals surface area contributed by atoms with Crippen LogP contribution in [-0.4, -0.2) is 18.7 Å². The SMILES string of the molecule is C#CCOc1ccc(/C=N/NC(=O)c2cc3cc(Br)ccc3o2)cc1CC=C. The molecular weight excluding hydrogens is 420 g/mol. The molecule has 5 nitrogen and oxygen atoms in total. The van der Waals surface area contributed by atoms with Gasteiger partial charge >= 0.3 is 5.91 Å². The van der Waals surface area contributed by atoms with E-state index in [4.69, 9.17) is 15.6 Å². The molecule has 1 amide bonds. The lowest BCUT2D eigenvalue weighted by Crippen LogP contribution is -2.16. The predicted octanol–water partition coefficient (Wildman–Crippen LogP) is 4.70. The van der Waals surface area contributed by atoms with Crippen molar-refractivity contribution in [1.29, 1.82) is 0 Å². The van der Waals surface area contributed by atoms with Crippen LogP contribution in [0.4, 0.5) is 0 Å². The standard InChI is InChI=1S/C22H17BrN2O3/c1-3-5-16-11-15(6-8-19(16)27-10-4-2)14-24-25-22(26)21-13-17-12-18(23)7-9-20(17)28-21/h2-3,6-9,11-14H,1,5,10H2,(H,25,26)/b24-14+. The Morgan fingerprint density at radius 1 is 1.32 bits per heavy atom. The quantitative estimate of drug-likeness (QED) is 0.252. The van der Waals surface area contributed by atoms with Crippen LogP contribution in [0.3, 0.4) is 0 Å². The number of hydrazone groups is 1. The van der Waals surface area contributed by atoms with Crippen molar-refractivity contribution in [2.24, 2.45) is 5.10 Å². The number of ether oxygens (including phenoxy) is 1. The Morgan fingerprint density at radius 2 is 2.18 bits per heavy atom. The molecule has 0 saturated carbocycles. The number of allylic oxidation sites excluding steroid dienone is 1. The predicted molar refractivity (Wildman–Crippen MR) is 114 cm³/mol. The summed E-state index contributed by atoms with van der Waals surface area (Å²) in [6.45, 7) is 3.95. The summed E-state index contributed by atoms with van der Waals surface area (Å²) < 4.78 is 12.0. The van der Waals surface area contributed by atoms with Crippen molar-refractivity contribution >= 4 is 39.0 Å². The second-order valence-corrected chi connectivity index (χ2v) is 6.76. The maximum Gasteiger partial charge on any atom is 0.307 e. The Kier molecular flexibility index (Phi) is 6.30. The molecule has 1 aromatic heterocycles. The van der Waals surface area contributed by atoms with Crippen molar-refractivity contribution in [1.82, 2.24) is 5.43 Å². The third-order valence-corrected chi connectivity index (χ3v) is 4.33. The molecule has 28 heavy (non-hydrogen) atoms. The molecule has 2 aromatic carbocycles. The average molecular weight is 437 g/mol. The summed E-state index contributed by atoms with van der Waals surface area (Å²) in [4.78, 5) is 12.2. The highest BCUT2D eigenvalue weighted by molar-refractivity contribution is 9.10. The van der Waals surface area contributed by atoms with E-state index in [2.05, 4.69) is 39.0 Å². The van der Waals surface area contributed by atoms with Gasteiger partial charge < -0.3 is 9.15 Å². The normalized spacial score (nSPS) is 10.7. The largest absolute Gasteiger partial charge is 0.481 e. The molecule has 0 bridgehead atoms. The van der Waals surface area contributed by atoms with Gasteiger partial charge in [-0.1, -0.05) is 27.9 Å². The van der Waals surface area contributed by atoms with Crippen LogP contribution in [0, 0.1) is 12.3 Å². The molecule has 0 saturated heterocycles. The Balaban J connectivity index is 1.70. The molecule has 0 unspecified atom stereocenters. The topological polar surface area (TPSA) is 63.8 Å². The number of hydrogen-bond acceptors (Lipinski definition) is 4. The first kappa shape index (κ1) is 19.5. The first-order valence-corrected chi connectivity index (χ1v) is 9.22. The van der Waals surface area contributed by atoms with Gasteiger partial charge in [0.15, 0.2) is 5.76 Å². The van der Waals surface area contributed by atoms with E-state index < -0.39 is 5.91 Å². The molecule has 0 aliphatic heterocycles. The van der Waals surface area contributed by atoms with Crippen molar-refractivity contribution in [3.8, 4) is 18.1 Å². The Bertz CT molecular complexity index is 1090. The number of carbonyl (C=O) groups excluding carboxylic acids is 1. The van der Waals surface area contributed by atoms with Crippen molar-refractivity contribution in [2.45, 2.75) is 6.42 Å². The number of benzene rings is 2. The second kappa shape index (κ2) is 9.07. The van der Waals surface area contributed by atoms with E-state index in [9.17, 15) is 4.79 Å². The van der Waals surface area contributed by atoms with Crippen LogP contribution < -0.4 is 10.2 Å². The van der Waals surface area contributed by atoms with Gasteiger partial charge in [-0.05, 0) is 60.0 Å².